The summed E-state index contributed by atoms with van der Waals surface area (Å²) in [5.74, 6) is 2.33. The normalized spacial score (nSPS) is 10.7. The smallest absolute Gasteiger partial charge is 0.223 e. The molecular formula is C27H33NO5. The summed E-state index contributed by atoms with van der Waals surface area (Å²) in [5, 5.41) is 0. The SMILES string of the molecule is CCCCOc1c(OC)cc(CCn2ccc(=O)c(OCc3ccccc3)c2C)cc1OC. The van der Waals surface area contributed by atoms with Gasteiger partial charge in [-0.1, -0.05) is 43.7 Å². The molecule has 6 nitrogen and oxygen atoms in total. The zero-order chi connectivity index (χ0) is 23.6. The number of unbranched alkanes of at least 4 members (excludes halogenated alkanes) is 1. The Balaban J connectivity index is 1.75. The summed E-state index contributed by atoms with van der Waals surface area (Å²) in [7, 11) is 3.26. The molecule has 1 aromatic heterocycles. The molecule has 0 fully saturated rings. The highest BCUT2D eigenvalue weighted by Crippen LogP contribution is 2.39. The number of ether oxygens (including phenoxy) is 4. The first kappa shape index (κ1) is 24.2. The second-order valence-corrected chi connectivity index (χ2v) is 7.84. The van der Waals surface area contributed by atoms with Gasteiger partial charge < -0.3 is 23.5 Å². The van der Waals surface area contributed by atoms with Crippen molar-refractivity contribution in [2.45, 2.75) is 46.3 Å². The van der Waals surface area contributed by atoms with E-state index in [1.165, 1.54) is 0 Å². The molecule has 0 N–H and O–H groups in total. The second kappa shape index (κ2) is 12.0. The molecule has 0 aliphatic carbocycles. The minimum atomic E-state index is -0.114. The Kier molecular flexibility index (Phi) is 8.81. The van der Waals surface area contributed by atoms with Gasteiger partial charge in [0.05, 0.1) is 26.5 Å². The van der Waals surface area contributed by atoms with E-state index in [4.69, 9.17) is 18.9 Å². The Bertz CT molecular complexity index is 1070. The highest BCUT2D eigenvalue weighted by molar-refractivity contribution is 5.54. The Morgan fingerprint density at radius 2 is 1.58 bits per heavy atom. The van der Waals surface area contributed by atoms with Crippen molar-refractivity contribution in [1.29, 1.82) is 0 Å². The predicted octanol–water partition coefficient (Wildman–Crippen LogP) is 5.17. The first-order chi connectivity index (χ1) is 16.1. The van der Waals surface area contributed by atoms with Crippen LogP contribution in [0.2, 0.25) is 0 Å². The number of hydrogen-bond acceptors (Lipinski definition) is 5. The van der Waals surface area contributed by atoms with Crippen LogP contribution in [-0.4, -0.2) is 25.4 Å². The van der Waals surface area contributed by atoms with Crippen LogP contribution in [0.25, 0.3) is 0 Å². The predicted molar refractivity (Wildman–Crippen MR) is 130 cm³/mol. The maximum absolute atomic E-state index is 12.4. The van der Waals surface area contributed by atoms with E-state index >= 15 is 0 Å². The van der Waals surface area contributed by atoms with Crippen LogP contribution in [0.3, 0.4) is 0 Å². The molecule has 0 radical (unpaired) electrons. The van der Waals surface area contributed by atoms with Crippen molar-refractivity contribution in [2.75, 3.05) is 20.8 Å². The van der Waals surface area contributed by atoms with Crippen LogP contribution in [0.1, 0.15) is 36.6 Å². The molecule has 0 aliphatic heterocycles. The van der Waals surface area contributed by atoms with E-state index < -0.39 is 0 Å². The van der Waals surface area contributed by atoms with E-state index in [1.807, 2.05) is 60.2 Å². The number of hydrogen-bond donors (Lipinski definition) is 0. The van der Waals surface area contributed by atoms with Gasteiger partial charge in [0, 0.05) is 18.8 Å². The summed E-state index contributed by atoms with van der Waals surface area (Å²) < 4.78 is 25.0. The third kappa shape index (κ3) is 6.31. The lowest BCUT2D eigenvalue weighted by atomic mass is 10.1. The van der Waals surface area contributed by atoms with Crippen molar-refractivity contribution >= 4 is 0 Å². The Labute approximate surface area is 195 Å². The molecule has 0 saturated carbocycles. The van der Waals surface area contributed by atoms with Gasteiger partial charge in [-0.25, -0.2) is 0 Å². The maximum Gasteiger partial charge on any atom is 0.223 e. The maximum atomic E-state index is 12.4. The minimum absolute atomic E-state index is 0.114. The number of aromatic nitrogens is 1. The average Bonchev–Trinajstić information content (AvgIpc) is 2.84. The number of pyridine rings is 1. The van der Waals surface area contributed by atoms with Crippen LogP contribution in [0.5, 0.6) is 23.0 Å². The van der Waals surface area contributed by atoms with Crippen LogP contribution >= 0.6 is 0 Å². The lowest BCUT2D eigenvalue weighted by molar-refractivity contribution is 0.269. The minimum Gasteiger partial charge on any atom is -0.493 e. The van der Waals surface area contributed by atoms with Gasteiger partial charge >= 0.3 is 0 Å². The first-order valence-electron chi connectivity index (χ1n) is 11.3. The summed E-state index contributed by atoms with van der Waals surface area (Å²) in [5.41, 5.74) is 2.76. The zero-order valence-electron chi connectivity index (χ0n) is 19.9. The highest BCUT2D eigenvalue weighted by Gasteiger charge is 2.15. The highest BCUT2D eigenvalue weighted by atomic mass is 16.5. The van der Waals surface area contributed by atoms with Gasteiger partial charge in [-0.15, -0.1) is 0 Å². The molecule has 3 rings (SSSR count). The molecule has 0 amide bonds. The number of nitrogens with zero attached hydrogens (tertiary/aromatic N) is 1. The Hall–Kier alpha value is -3.41. The van der Waals surface area contributed by atoms with Crippen LogP contribution in [0.4, 0.5) is 0 Å². The fraction of sp³-hybridized carbons (Fsp3) is 0.370. The van der Waals surface area contributed by atoms with Crippen LogP contribution in [0, 0.1) is 6.92 Å². The van der Waals surface area contributed by atoms with Crippen molar-refractivity contribution in [3.8, 4) is 23.0 Å². The van der Waals surface area contributed by atoms with Crippen LogP contribution in [0.15, 0.2) is 59.5 Å². The van der Waals surface area contributed by atoms with Gasteiger partial charge in [0.25, 0.3) is 0 Å². The van der Waals surface area contributed by atoms with Gasteiger partial charge in [-0.3, -0.25) is 4.79 Å². The number of methoxy groups -OCH3 is 2. The molecule has 3 aromatic rings. The van der Waals surface area contributed by atoms with E-state index in [0.717, 1.165) is 36.1 Å². The van der Waals surface area contributed by atoms with Crippen molar-refractivity contribution in [3.05, 3.63) is 81.8 Å². The second-order valence-electron chi connectivity index (χ2n) is 7.84. The average molecular weight is 452 g/mol. The van der Waals surface area contributed by atoms with Gasteiger partial charge in [-0.05, 0) is 43.0 Å². The lowest BCUT2D eigenvalue weighted by Gasteiger charge is -2.17. The fourth-order valence-corrected chi connectivity index (χ4v) is 3.59. The third-order valence-electron chi connectivity index (χ3n) is 5.52. The van der Waals surface area contributed by atoms with Crippen molar-refractivity contribution < 1.29 is 18.9 Å². The van der Waals surface area contributed by atoms with Crippen molar-refractivity contribution in [3.63, 3.8) is 0 Å². The summed E-state index contributed by atoms with van der Waals surface area (Å²) in [4.78, 5) is 12.4. The van der Waals surface area contributed by atoms with Gasteiger partial charge in [-0.2, -0.15) is 0 Å². The van der Waals surface area contributed by atoms with Crippen molar-refractivity contribution in [1.82, 2.24) is 4.57 Å². The van der Waals surface area contributed by atoms with Crippen molar-refractivity contribution in [2.24, 2.45) is 0 Å². The van der Waals surface area contributed by atoms with Crippen LogP contribution in [-0.2, 0) is 19.6 Å². The van der Waals surface area contributed by atoms with E-state index in [9.17, 15) is 4.79 Å². The van der Waals surface area contributed by atoms with E-state index in [1.54, 1.807) is 20.3 Å². The monoisotopic (exact) mass is 451 g/mol. The quantitative estimate of drug-likeness (QED) is 0.355. The van der Waals surface area contributed by atoms with Gasteiger partial charge in [0.2, 0.25) is 11.2 Å². The zero-order valence-corrected chi connectivity index (χ0v) is 19.9. The molecule has 6 heteroatoms. The third-order valence-corrected chi connectivity index (χ3v) is 5.52. The van der Waals surface area contributed by atoms with E-state index in [2.05, 4.69) is 6.92 Å². The summed E-state index contributed by atoms with van der Waals surface area (Å²) in [6.07, 6.45) is 4.56. The van der Waals surface area contributed by atoms with Gasteiger partial charge in [0.1, 0.15) is 6.61 Å². The standard InChI is InChI=1S/C27H33NO5/c1-5-6-16-32-27-24(30-3)17-22(18-25(27)31-4)12-14-28-15-13-23(29)26(20(28)2)33-19-21-10-8-7-9-11-21/h7-11,13,15,17-18H,5-6,12,14,16,19H2,1-4H3. The Morgan fingerprint density at radius 1 is 0.879 bits per heavy atom. The molecule has 0 saturated heterocycles. The molecule has 0 atom stereocenters. The summed E-state index contributed by atoms with van der Waals surface area (Å²) >= 11 is 0. The fourth-order valence-electron chi connectivity index (χ4n) is 3.59. The summed E-state index contributed by atoms with van der Waals surface area (Å²) in [6.45, 7) is 5.68. The van der Waals surface area contributed by atoms with Gasteiger partial charge in [0.15, 0.2) is 17.2 Å². The largest absolute Gasteiger partial charge is 0.493 e. The Morgan fingerprint density at radius 3 is 2.21 bits per heavy atom. The van der Waals surface area contributed by atoms with Crippen LogP contribution < -0.4 is 24.4 Å². The van der Waals surface area contributed by atoms with E-state index in [0.29, 0.717) is 42.8 Å². The molecule has 176 valence electrons. The number of benzene rings is 2. The first-order valence-corrected chi connectivity index (χ1v) is 11.3. The molecule has 33 heavy (non-hydrogen) atoms. The molecule has 0 spiro atoms. The molecule has 0 aliphatic rings. The van der Waals surface area contributed by atoms with E-state index in [-0.39, 0.29) is 5.43 Å². The number of rotatable bonds is 12. The number of aryl methyl sites for hydroxylation is 2. The topological polar surface area (TPSA) is 58.9 Å². The summed E-state index contributed by atoms with van der Waals surface area (Å²) in [6, 6.07) is 15.3. The lowest BCUT2D eigenvalue weighted by Crippen LogP contribution is -2.15. The molecule has 1 heterocycles. The molecule has 0 unspecified atom stereocenters. The molecule has 0 bridgehead atoms. The molecule has 2 aromatic carbocycles. The molecular weight excluding hydrogens is 418 g/mol.